The van der Waals surface area contributed by atoms with Gasteiger partial charge >= 0.3 is 6.18 Å². The molecule has 18 heavy (non-hydrogen) atoms. The van der Waals surface area contributed by atoms with E-state index in [-0.39, 0.29) is 12.1 Å². The lowest BCUT2D eigenvalue weighted by atomic mass is 9.97. The number of hydrogen-bond acceptors (Lipinski definition) is 3. The molecule has 1 aliphatic rings. The van der Waals surface area contributed by atoms with Crippen molar-refractivity contribution in [2.75, 3.05) is 13.6 Å². The van der Waals surface area contributed by atoms with Crippen LogP contribution < -0.4 is 16.2 Å². The second-order valence-electron chi connectivity index (χ2n) is 4.42. The molecule has 2 atom stereocenters. The van der Waals surface area contributed by atoms with Gasteiger partial charge in [-0.1, -0.05) is 18.2 Å². The molecule has 100 valence electrons. The molecule has 0 aliphatic carbocycles. The summed E-state index contributed by atoms with van der Waals surface area (Å²) in [6.07, 6.45) is -3.67. The molecule has 3 N–H and O–H groups in total. The maximum Gasteiger partial charge on any atom is 0.416 e. The van der Waals surface area contributed by atoms with Crippen LogP contribution in [0, 0.1) is 0 Å². The Hall–Kier alpha value is -1.11. The number of nitrogens with one attached hydrogen (secondary N) is 3. The highest BCUT2D eigenvalue weighted by Crippen LogP contribution is 2.36. The number of benzene rings is 1. The molecule has 0 aromatic heterocycles. The fraction of sp³-hybridized carbons (Fsp3) is 0.500. The predicted molar refractivity (Wildman–Crippen MR) is 62.8 cm³/mol. The van der Waals surface area contributed by atoms with Crippen molar-refractivity contribution in [3.8, 4) is 0 Å². The summed E-state index contributed by atoms with van der Waals surface area (Å²) in [4.78, 5) is 0. The van der Waals surface area contributed by atoms with E-state index in [4.69, 9.17) is 0 Å². The number of likely N-dealkylation sites (N-methyl/N-ethyl adjacent to an activating group) is 1. The lowest BCUT2D eigenvalue weighted by molar-refractivity contribution is -0.138. The van der Waals surface area contributed by atoms with Gasteiger partial charge in [0, 0.05) is 18.6 Å². The Morgan fingerprint density at radius 2 is 2.00 bits per heavy atom. The lowest BCUT2D eigenvalue weighted by Gasteiger charge is -2.17. The largest absolute Gasteiger partial charge is 0.416 e. The standard InChI is InChI=1S/C12H16F3N3/c1-16-7-8-6-11(18-17-8)9-4-2-3-5-10(9)12(13,14)15/h2-5,8,11,16-18H,6-7H2,1H3. The monoisotopic (exact) mass is 259 g/mol. The lowest BCUT2D eigenvalue weighted by Crippen LogP contribution is -2.36. The van der Waals surface area contributed by atoms with Gasteiger partial charge in [-0.2, -0.15) is 13.2 Å². The zero-order chi connectivity index (χ0) is 13.2. The van der Waals surface area contributed by atoms with Crippen molar-refractivity contribution in [2.24, 2.45) is 0 Å². The third-order valence-electron chi connectivity index (χ3n) is 3.07. The molecule has 2 rings (SSSR count). The number of hydrazine groups is 1. The highest BCUT2D eigenvalue weighted by molar-refractivity contribution is 5.33. The van der Waals surface area contributed by atoms with E-state index in [0.29, 0.717) is 12.0 Å². The Morgan fingerprint density at radius 1 is 1.28 bits per heavy atom. The fourth-order valence-corrected chi connectivity index (χ4v) is 2.27. The van der Waals surface area contributed by atoms with Crippen LogP contribution in [0.5, 0.6) is 0 Å². The van der Waals surface area contributed by atoms with E-state index in [1.54, 1.807) is 6.07 Å². The summed E-state index contributed by atoms with van der Waals surface area (Å²) in [5.41, 5.74) is 5.68. The van der Waals surface area contributed by atoms with Gasteiger partial charge < -0.3 is 5.32 Å². The second-order valence-corrected chi connectivity index (χ2v) is 4.42. The molecule has 1 fully saturated rings. The van der Waals surface area contributed by atoms with Crippen LogP contribution >= 0.6 is 0 Å². The highest BCUT2D eigenvalue weighted by atomic mass is 19.4. The van der Waals surface area contributed by atoms with Gasteiger partial charge in [0.1, 0.15) is 0 Å². The molecule has 1 saturated heterocycles. The van der Waals surface area contributed by atoms with Gasteiger partial charge in [0.05, 0.1) is 5.56 Å². The maximum atomic E-state index is 12.9. The molecule has 1 aromatic rings. The zero-order valence-corrected chi connectivity index (χ0v) is 10.0. The molecule has 2 unspecified atom stereocenters. The van der Waals surface area contributed by atoms with Gasteiger partial charge in [0.25, 0.3) is 0 Å². The van der Waals surface area contributed by atoms with E-state index in [1.165, 1.54) is 12.1 Å². The zero-order valence-electron chi connectivity index (χ0n) is 10.0. The van der Waals surface area contributed by atoms with Crippen LogP contribution in [0.3, 0.4) is 0 Å². The molecule has 0 radical (unpaired) electrons. The van der Waals surface area contributed by atoms with E-state index >= 15 is 0 Å². The molecule has 1 heterocycles. The summed E-state index contributed by atoms with van der Waals surface area (Å²) >= 11 is 0. The third kappa shape index (κ3) is 2.82. The Labute approximate surface area is 104 Å². The van der Waals surface area contributed by atoms with Crippen molar-refractivity contribution < 1.29 is 13.2 Å². The van der Waals surface area contributed by atoms with Crippen molar-refractivity contribution >= 4 is 0 Å². The number of rotatable bonds is 3. The van der Waals surface area contributed by atoms with E-state index < -0.39 is 11.7 Å². The Bertz CT molecular complexity index is 406. The number of hydrogen-bond donors (Lipinski definition) is 3. The first-order valence-electron chi connectivity index (χ1n) is 5.84. The molecule has 1 aromatic carbocycles. The van der Waals surface area contributed by atoms with Gasteiger partial charge in [-0.15, -0.1) is 0 Å². The van der Waals surface area contributed by atoms with E-state index in [1.807, 2.05) is 7.05 Å². The van der Waals surface area contributed by atoms with E-state index in [9.17, 15) is 13.2 Å². The summed E-state index contributed by atoms with van der Waals surface area (Å²) in [5.74, 6) is 0. The van der Waals surface area contributed by atoms with Crippen LogP contribution in [0.25, 0.3) is 0 Å². The van der Waals surface area contributed by atoms with Crippen LogP contribution in [-0.2, 0) is 6.18 Å². The van der Waals surface area contributed by atoms with Gasteiger partial charge in [-0.25, -0.2) is 5.43 Å². The topological polar surface area (TPSA) is 36.1 Å². The molecule has 1 aliphatic heterocycles. The quantitative estimate of drug-likeness (QED) is 0.775. The van der Waals surface area contributed by atoms with E-state index in [0.717, 1.165) is 12.6 Å². The number of alkyl halides is 3. The average Bonchev–Trinajstić information content (AvgIpc) is 2.77. The third-order valence-corrected chi connectivity index (χ3v) is 3.07. The summed E-state index contributed by atoms with van der Waals surface area (Å²) in [5, 5.41) is 3.00. The molecular formula is C12H16F3N3. The minimum Gasteiger partial charge on any atom is -0.318 e. The van der Waals surface area contributed by atoms with Gasteiger partial charge in [-0.3, -0.25) is 5.43 Å². The first kappa shape index (κ1) is 13.3. The summed E-state index contributed by atoms with van der Waals surface area (Å²) in [7, 11) is 1.82. The van der Waals surface area contributed by atoms with Crippen molar-refractivity contribution in [3.63, 3.8) is 0 Å². The molecular weight excluding hydrogens is 243 g/mol. The van der Waals surface area contributed by atoms with Crippen LogP contribution in [0.2, 0.25) is 0 Å². The van der Waals surface area contributed by atoms with Crippen LogP contribution in [0.4, 0.5) is 13.2 Å². The highest BCUT2D eigenvalue weighted by Gasteiger charge is 2.36. The molecule has 0 spiro atoms. The minimum atomic E-state index is -4.31. The maximum absolute atomic E-state index is 12.9. The summed E-state index contributed by atoms with van der Waals surface area (Å²) in [6, 6.07) is 5.55. The second kappa shape index (κ2) is 5.26. The SMILES string of the molecule is CNCC1CC(c2ccccc2C(F)(F)F)NN1. The molecule has 0 amide bonds. The Kier molecular flexibility index (Phi) is 3.89. The average molecular weight is 259 g/mol. The smallest absolute Gasteiger partial charge is 0.318 e. The van der Waals surface area contributed by atoms with Gasteiger partial charge in [-0.05, 0) is 25.1 Å². The Morgan fingerprint density at radius 3 is 2.67 bits per heavy atom. The molecule has 3 nitrogen and oxygen atoms in total. The molecule has 0 saturated carbocycles. The first-order chi connectivity index (χ1) is 8.52. The van der Waals surface area contributed by atoms with Crippen LogP contribution in [-0.4, -0.2) is 19.6 Å². The molecule has 0 bridgehead atoms. The van der Waals surface area contributed by atoms with E-state index in [2.05, 4.69) is 16.2 Å². The summed E-state index contributed by atoms with van der Waals surface area (Å²) in [6.45, 7) is 0.720. The first-order valence-corrected chi connectivity index (χ1v) is 5.84. The van der Waals surface area contributed by atoms with Crippen molar-refractivity contribution in [1.82, 2.24) is 16.2 Å². The summed E-state index contributed by atoms with van der Waals surface area (Å²) < 4.78 is 38.7. The fourth-order valence-electron chi connectivity index (χ4n) is 2.27. The van der Waals surface area contributed by atoms with Gasteiger partial charge in [0.2, 0.25) is 0 Å². The Balaban J connectivity index is 2.19. The normalized spacial score (nSPS) is 24.4. The minimum absolute atomic E-state index is 0.140. The van der Waals surface area contributed by atoms with Crippen molar-refractivity contribution in [2.45, 2.75) is 24.7 Å². The van der Waals surface area contributed by atoms with Gasteiger partial charge in [0.15, 0.2) is 0 Å². The molecule has 6 heteroatoms. The van der Waals surface area contributed by atoms with Crippen molar-refractivity contribution in [1.29, 1.82) is 0 Å². The van der Waals surface area contributed by atoms with Crippen LogP contribution in [0.15, 0.2) is 24.3 Å². The van der Waals surface area contributed by atoms with Crippen LogP contribution in [0.1, 0.15) is 23.6 Å². The van der Waals surface area contributed by atoms with Crippen molar-refractivity contribution in [3.05, 3.63) is 35.4 Å². The number of halogens is 3. The predicted octanol–water partition coefficient (Wildman–Crippen LogP) is 1.83.